The van der Waals surface area contributed by atoms with E-state index in [9.17, 15) is 4.79 Å². The molecule has 1 aromatic rings. The molecule has 0 unspecified atom stereocenters. The molecule has 1 rings (SSSR count). The van der Waals surface area contributed by atoms with Crippen LogP contribution in [0.15, 0.2) is 24.3 Å². The van der Waals surface area contributed by atoms with Crippen LogP contribution in [-0.2, 0) is 11.3 Å². The molecule has 0 heterocycles. The van der Waals surface area contributed by atoms with E-state index in [-0.39, 0.29) is 11.9 Å². The van der Waals surface area contributed by atoms with Crippen LogP contribution in [0, 0.1) is 5.41 Å². The summed E-state index contributed by atoms with van der Waals surface area (Å²) in [6, 6.07) is 6.96. The van der Waals surface area contributed by atoms with Gasteiger partial charge in [0, 0.05) is 6.54 Å². The molecular weight excluding hydrogens is 194 g/mol. The fourth-order valence-electron chi connectivity index (χ4n) is 1.12. The Morgan fingerprint density at radius 2 is 2.33 bits per heavy atom. The highest BCUT2D eigenvalue weighted by molar-refractivity contribution is 5.89. The maximum atomic E-state index is 11.2. The number of benzene rings is 1. The summed E-state index contributed by atoms with van der Waals surface area (Å²) in [4.78, 5) is 11.2. The minimum absolute atomic E-state index is 0.0986. The lowest BCUT2D eigenvalue weighted by molar-refractivity contribution is 0.0600. The van der Waals surface area contributed by atoms with Gasteiger partial charge in [-0.15, -0.1) is 0 Å². The second-order valence-corrected chi connectivity index (χ2v) is 2.96. The number of hydrogen-bond donors (Lipinski definition) is 3. The molecule has 1 aromatic carbocycles. The quantitative estimate of drug-likeness (QED) is 0.381. The number of ether oxygens (including phenoxy) is 1. The Bertz CT molecular complexity index is 377. The number of carbonyl (C=O) groups excluding carboxylic acids is 1. The highest BCUT2D eigenvalue weighted by Crippen LogP contribution is 2.06. The van der Waals surface area contributed by atoms with Crippen molar-refractivity contribution >= 4 is 11.9 Å². The minimum Gasteiger partial charge on any atom is -0.465 e. The molecule has 4 N–H and O–H groups in total. The lowest BCUT2D eigenvalue weighted by Gasteiger charge is -2.05. The van der Waals surface area contributed by atoms with Crippen LogP contribution in [0.2, 0.25) is 0 Å². The van der Waals surface area contributed by atoms with E-state index in [0.29, 0.717) is 12.1 Å². The Morgan fingerprint density at radius 1 is 1.60 bits per heavy atom. The third kappa shape index (κ3) is 3.30. The van der Waals surface area contributed by atoms with E-state index >= 15 is 0 Å². The standard InChI is InChI=1S/C10H13N3O2/c1-15-9(14)8-4-2-3-7(5-8)6-13-10(11)12/h2-5H,6H2,1H3,(H4,11,12,13). The molecule has 0 radical (unpaired) electrons. The van der Waals surface area contributed by atoms with Crippen LogP contribution in [0.3, 0.4) is 0 Å². The van der Waals surface area contributed by atoms with E-state index in [1.165, 1.54) is 7.11 Å². The van der Waals surface area contributed by atoms with Crippen LogP contribution in [0.25, 0.3) is 0 Å². The van der Waals surface area contributed by atoms with E-state index < -0.39 is 0 Å². The minimum atomic E-state index is -0.375. The highest BCUT2D eigenvalue weighted by atomic mass is 16.5. The zero-order chi connectivity index (χ0) is 11.3. The van der Waals surface area contributed by atoms with Gasteiger partial charge in [0.1, 0.15) is 0 Å². The lowest BCUT2D eigenvalue weighted by atomic mass is 10.1. The van der Waals surface area contributed by atoms with Crippen molar-refractivity contribution in [3.63, 3.8) is 0 Å². The van der Waals surface area contributed by atoms with Crippen LogP contribution >= 0.6 is 0 Å². The topological polar surface area (TPSA) is 88.2 Å². The first-order valence-corrected chi connectivity index (χ1v) is 4.38. The molecule has 0 fully saturated rings. The van der Waals surface area contributed by atoms with Crippen LogP contribution in [0.1, 0.15) is 15.9 Å². The molecule has 0 aliphatic rings. The zero-order valence-electron chi connectivity index (χ0n) is 8.41. The molecule has 5 nitrogen and oxygen atoms in total. The van der Waals surface area contributed by atoms with Gasteiger partial charge in [0.15, 0.2) is 5.96 Å². The van der Waals surface area contributed by atoms with Crippen molar-refractivity contribution in [3.8, 4) is 0 Å². The van der Waals surface area contributed by atoms with Gasteiger partial charge < -0.3 is 15.8 Å². The number of nitrogens with two attached hydrogens (primary N) is 1. The van der Waals surface area contributed by atoms with Gasteiger partial charge in [-0.2, -0.15) is 0 Å². The molecule has 80 valence electrons. The van der Waals surface area contributed by atoms with E-state index in [1.54, 1.807) is 18.2 Å². The van der Waals surface area contributed by atoms with E-state index in [0.717, 1.165) is 5.56 Å². The molecule has 15 heavy (non-hydrogen) atoms. The number of methoxy groups -OCH3 is 1. The number of hydrogen-bond acceptors (Lipinski definition) is 3. The monoisotopic (exact) mass is 207 g/mol. The Kier molecular flexibility index (Phi) is 3.68. The maximum absolute atomic E-state index is 11.2. The number of nitrogens with one attached hydrogen (secondary N) is 2. The molecule has 0 amide bonds. The van der Waals surface area contributed by atoms with E-state index in [2.05, 4.69) is 10.1 Å². The number of rotatable bonds is 3. The first-order chi connectivity index (χ1) is 7.13. The lowest BCUT2D eigenvalue weighted by Crippen LogP contribution is -2.29. The first-order valence-electron chi connectivity index (χ1n) is 4.38. The van der Waals surface area contributed by atoms with E-state index in [1.807, 2.05) is 6.07 Å². The van der Waals surface area contributed by atoms with Gasteiger partial charge >= 0.3 is 5.97 Å². The van der Waals surface area contributed by atoms with Gasteiger partial charge in [-0.05, 0) is 17.7 Å². The summed E-state index contributed by atoms with van der Waals surface area (Å²) < 4.78 is 4.59. The summed E-state index contributed by atoms with van der Waals surface area (Å²) in [5.74, 6) is -0.474. The van der Waals surface area contributed by atoms with Crippen molar-refractivity contribution in [2.75, 3.05) is 7.11 Å². The van der Waals surface area contributed by atoms with Crippen molar-refractivity contribution in [3.05, 3.63) is 35.4 Å². The van der Waals surface area contributed by atoms with Gasteiger partial charge in [-0.1, -0.05) is 12.1 Å². The third-order valence-electron chi connectivity index (χ3n) is 1.83. The zero-order valence-corrected chi connectivity index (χ0v) is 8.41. The van der Waals surface area contributed by atoms with E-state index in [4.69, 9.17) is 11.1 Å². The molecular formula is C10H13N3O2. The second-order valence-electron chi connectivity index (χ2n) is 2.96. The first kappa shape index (κ1) is 11.0. The van der Waals surface area contributed by atoms with Crippen molar-refractivity contribution in [1.82, 2.24) is 5.32 Å². The third-order valence-corrected chi connectivity index (χ3v) is 1.83. The predicted molar refractivity (Wildman–Crippen MR) is 56.5 cm³/mol. The van der Waals surface area contributed by atoms with Gasteiger partial charge in [-0.3, -0.25) is 5.41 Å². The largest absolute Gasteiger partial charge is 0.465 e. The fourth-order valence-corrected chi connectivity index (χ4v) is 1.12. The molecule has 0 spiro atoms. The highest BCUT2D eigenvalue weighted by Gasteiger charge is 2.05. The van der Waals surface area contributed by atoms with Gasteiger partial charge in [0.05, 0.1) is 12.7 Å². The van der Waals surface area contributed by atoms with Crippen LogP contribution in [-0.4, -0.2) is 19.0 Å². The molecule has 0 aliphatic carbocycles. The predicted octanol–water partition coefficient (Wildman–Crippen LogP) is 0.456. The Hall–Kier alpha value is -2.04. The van der Waals surface area contributed by atoms with Gasteiger partial charge in [0.25, 0.3) is 0 Å². The normalized spacial score (nSPS) is 9.40. The molecule has 0 saturated carbocycles. The average Bonchev–Trinajstić information content (AvgIpc) is 2.25. The molecule has 0 aromatic heterocycles. The van der Waals surface area contributed by atoms with Crippen LogP contribution in [0.5, 0.6) is 0 Å². The van der Waals surface area contributed by atoms with Crippen molar-refractivity contribution in [2.45, 2.75) is 6.54 Å². The molecule has 0 saturated heterocycles. The van der Waals surface area contributed by atoms with Gasteiger partial charge in [0.2, 0.25) is 0 Å². The summed E-state index contributed by atoms with van der Waals surface area (Å²) in [5.41, 5.74) is 6.50. The fraction of sp³-hybridized carbons (Fsp3) is 0.200. The number of carbonyl (C=O) groups is 1. The number of esters is 1. The molecule has 0 atom stereocenters. The van der Waals surface area contributed by atoms with Crippen LogP contribution in [0.4, 0.5) is 0 Å². The number of guanidine groups is 1. The average molecular weight is 207 g/mol. The maximum Gasteiger partial charge on any atom is 0.337 e. The smallest absolute Gasteiger partial charge is 0.337 e. The summed E-state index contributed by atoms with van der Waals surface area (Å²) in [6.45, 7) is 0.417. The van der Waals surface area contributed by atoms with Crippen molar-refractivity contribution < 1.29 is 9.53 Å². The van der Waals surface area contributed by atoms with Crippen molar-refractivity contribution in [1.29, 1.82) is 5.41 Å². The molecule has 0 aliphatic heterocycles. The summed E-state index contributed by atoms with van der Waals surface area (Å²) in [5, 5.41) is 9.65. The summed E-state index contributed by atoms with van der Waals surface area (Å²) in [7, 11) is 1.34. The Labute approximate surface area is 87.7 Å². The van der Waals surface area contributed by atoms with Crippen molar-refractivity contribution in [2.24, 2.45) is 5.73 Å². The second kappa shape index (κ2) is 4.99. The Morgan fingerprint density at radius 3 is 2.93 bits per heavy atom. The summed E-state index contributed by atoms with van der Waals surface area (Å²) in [6.07, 6.45) is 0. The SMILES string of the molecule is COC(=O)c1cccc(CNC(=N)N)c1. The van der Waals surface area contributed by atoms with Crippen LogP contribution < -0.4 is 11.1 Å². The van der Waals surface area contributed by atoms with Gasteiger partial charge in [-0.25, -0.2) is 4.79 Å². The molecule has 0 bridgehead atoms. The summed E-state index contributed by atoms with van der Waals surface area (Å²) >= 11 is 0. The molecule has 5 heteroatoms. The Balaban J connectivity index is 2.74.